The molecule has 21 heavy (non-hydrogen) atoms. The van der Waals surface area contributed by atoms with Crippen LogP contribution < -0.4 is 0 Å². The van der Waals surface area contributed by atoms with Crippen molar-refractivity contribution in [2.75, 3.05) is 0 Å². The van der Waals surface area contributed by atoms with Crippen LogP contribution in [0, 0.1) is 5.92 Å². The third kappa shape index (κ3) is 3.49. The number of ether oxygens (including phenoxy) is 1. The van der Waals surface area contributed by atoms with Crippen molar-refractivity contribution in [1.29, 1.82) is 0 Å². The van der Waals surface area contributed by atoms with Crippen molar-refractivity contribution < 1.29 is 9.84 Å². The largest absolute Gasteiger partial charge is 0.388 e. The van der Waals surface area contributed by atoms with Crippen LogP contribution in [-0.2, 0) is 4.74 Å². The van der Waals surface area contributed by atoms with E-state index in [1.807, 2.05) is 30.3 Å². The molecule has 0 bridgehead atoms. The van der Waals surface area contributed by atoms with E-state index in [1.165, 1.54) is 44.9 Å². The van der Waals surface area contributed by atoms with Gasteiger partial charge in [0.25, 0.3) is 0 Å². The lowest BCUT2D eigenvalue weighted by molar-refractivity contribution is -0.0743. The van der Waals surface area contributed by atoms with E-state index in [2.05, 4.69) is 6.92 Å². The summed E-state index contributed by atoms with van der Waals surface area (Å²) in [6, 6.07) is 10.0. The Bertz CT molecular complexity index is 436. The van der Waals surface area contributed by atoms with Crippen LogP contribution in [0.4, 0.5) is 0 Å². The first-order valence-electron chi connectivity index (χ1n) is 8.59. The molecule has 1 aromatic carbocycles. The van der Waals surface area contributed by atoms with Gasteiger partial charge in [-0.15, -0.1) is 0 Å². The molecule has 1 aromatic rings. The van der Waals surface area contributed by atoms with E-state index in [1.54, 1.807) is 0 Å². The highest BCUT2D eigenvalue weighted by atomic mass is 16.5. The van der Waals surface area contributed by atoms with E-state index in [9.17, 15) is 5.11 Å². The van der Waals surface area contributed by atoms with Gasteiger partial charge in [-0.25, -0.2) is 0 Å². The van der Waals surface area contributed by atoms with E-state index < -0.39 is 0 Å². The molecular formula is C19H28O2. The lowest BCUT2D eigenvalue weighted by atomic mass is 9.83. The maximum absolute atomic E-state index is 10.5. The molecular weight excluding hydrogens is 260 g/mol. The fraction of sp³-hybridized carbons (Fsp3) is 0.684. The van der Waals surface area contributed by atoms with Gasteiger partial charge in [0.1, 0.15) is 0 Å². The molecule has 1 aliphatic carbocycles. The Morgan fingerprint density at radius 3 is 2.57 bits per heavy atom. The summed E-state index contributed by atoms with van der Waals surface area (Å²) < 4.78 is 6.44. The van der Waals surface area contributed by atoms with Gasteiger partial charge < -0.3 is 9.84 Å². The zero-order chi connectivity index (χ0) is 14.7. The van der Waals surface area contributed by atoms with Crippen molar-refractivity contribution in [2.24, 2.45) is 5.92 Å². The molecule has 0 amide bonds. The summed E-state index contributed by atoms with van der Waals surface area (Å²) in [5, 5.41) is 10.5. The molecule has 2 fully saturated rings. The van der Waals surface area contributed by atoms with Crippen molar-refractivity contribution >= 4 is 0 Å². The number of benzene rings is 1. The van der Waals surface area contributed by atoms with Crippen molar-refractivity contribution in [1.82, 2.24) is 0 Å². The molecule has 2 aliphatic rings. The summed E-state index contributed by atoms with van der Waals surface area (Å²) in [4.78, 5) is 0. The molecule has 0 aromatic heterocycles. The van der Waals surface area contributed by atoms with Crippen LogP contribution >= 0.6 is 0 Å². The molecule has 1 spiro atoms. The first-order valence-corrected chi connectivity index (χ1v) is 8.59. The van der Waals surface area contributed by atoms with Gasteiger partial charge in [-0.2, -0.15) is 0 Å². The Kier molecular flexibility index (Phi) is 4.66. The maximum Gasteiger partial charge on any atom is 0.0816 e. The van der Waals surface area contributed by atoms with Gasteiger partial charge in [0.15, 0.2) is 0 Å². The van der Waals surface area contributed by atoms with Crippen LogP contribution in [0.3, 0.4) is 0 Å². The van der Waals surface area contributed by atoms with Crippen LogP contribution in [0.5, 0.6) is 0 Å². The zero-order valence-corrected chi connectivity index (χ0v) is 13.1. The van der Waals surface area contributed by atoms with Gasteiger partial charge in [0.05, 0.1) is 17.8 Å². The van der Waals surface area contributed by atoms with Crippen molar-refractivity contribution in [3.05, 3.63) is 35.9 Å². The van der Waals surface area contributed by atoms with Crippen molar-refractivity contribution in [2.45, 2.75) is 76.1 Å². The van der Waals surface area contributed by atoms with Crippen LogP contribution in [0.25, 0.3) is 0 Å². The summed E-state index contributed by atoms with van der Waals surface area (Å²) >= 11 is 0. The van der Waals surface area contributed by atoms with Crippen LogP contribution in [0.1, 0.15) is 70.0 Å². The molecule has 1 heterocycles. The molecule has 0 radical (unpaired) electrons. The topological polar surface area (TPSA) is 29.5 Å². The third-order valence-electron chi connectivity index (χ3n) is 5.42. The SMILES string of the molecule is CC(CC1CCC2(CCCCC2)O1)C(O)c1ccccc1. The van der Waals surface area contributed by atoms with Gasteiger partial charge in [-0.1, -0.05) is 56.5 Å². The second-order valence-electron chi connectivity index (χ2n) is 7.09. The van der Waals surface area contributed by atoms with Gasteiger partial charge in [0.2, 0.25) is 0 Å². The second-order valence-corrected chi connectivity index (χ2v) is 7.09. The number of hydrogen-bond donors (Lipinski definition) is 1. The molecule has 1 saturated carbocycles. The minimum Gasteiger partial charge on any atom is -0.388 e. The van der Waals surface area contributed by atoms with Gasteiger partial charge in [-0.3, -0.25) is 0 Å². The van der Waals surface area contributed by atoms with Crippen LogP contribution in [-0.4, -0.2) is 16.8 Å². The van der Waals surface area contributed by atoms with E-state index in [0.29, 0.717) is 6.10 Å². The molecule has 3 atom stereocenters. The molecule has 1 saturated heterocycles. The average Bonchev–Trinajstić information content (AvgIpc) is 2.90. The first kappa shape index (κ1) is 15.1. The molecule has 116 valence electrons. The van der Waals surface area contributed by atoms with Gasteiger partial charge in [0, 0.05) is 0 Å². The minimum atomic E-state index is -0.377. The van der Waals surface area contributed by atoms with E-state index >= 15 is 0 Å². The summed E-state index contributed by atoms with van der Waals surface area (Å²) in [5.41, 5.74) is 1.22. The quantitative estimate of drug-likeness (QED) is 0.875. The highest BCUT2D eigenvalue weighted by Gasteiger charge is 2.41. The Morgan fingerprint density at radius 2 is 1.86 bits per heavy atom. The molecule has 3 rings (SSSR count). The lowest BCUT2D eigenvalue weighted by Crippen LogP contribution is -2.32. The highest BCUT2D eigenvalue weighted by Crippen LogP contribution is 2.43. The Balaban J connectivity index is 1.55. The average molecular weight is 288 g/mol. The monoisotopic (exact) mass is 288 g/mol. The molecule has 1 N–H and O–H groups in total. The third-order valence-corrected chi connectivity index (χ3v) is 5.42. The second kappa shape index (κ2) is 6.50. The maximum atomic E-state index is 10.5. The molecule has 1 aliphatic heterocycles. The molecule has 2 heteroatoms. The zero-order valence-electron chi connectivity index (χ0n) is 13.1. The smallest absolute Gasteiger partial charge is 0.0816 e. The summed E-state index contributed by atoms with van der Waals surface area (Å²) in [6.07, 6.45) is 9.87. The van der Waals surface area contributed by atoms with Gasteiger partial charge in [-0.05, 0) is 43.6 Å². The van der Waals surface area contributed by atoms with E-state index in [4.69, 9.17) is 4.74 Å². The summed E-state index contributed by atoms with van der Waals surface area (Å²) in [5.74, 6) is 0.246. The van der Waals surface area contributed by atoms with Crippen LogP contribution in [0.2, 0.25) is 0 Å². The predicted octanol–water partition coefficient (Wildman–Crippen LogP) is 4.63. The summed E-state index contributed by atoms with van der Waals surface area (Å²) in [6.45, 7) is 2.15. The van der Waals surface area contributed by atoms with Gasteiger partial charge >= 0.3 is 0 Å². The standard InChI is InChI=1S/C19H28O2/c1-15(18(20)16-8-4-2-5-9-16)14-17-10-13-19(21-17)11-6-3-7-12-19/h2,4-5,8-9,15,17-18,20H,3,6-7,10-14H2,1H3. The number of aliphatic hydroxyl groups is 1. The molecule has 2 nitrogen and oxygen atoms in total. The highest BCUT2D eigenvalue weighted by molar-refractivity contribution is 5.17. The Labute approximate surface area is 128 Å². The summed E-state index contributed by atoms with van der Waals surface area (Å²) in [7, 11) is 0. The number of hydrogen-bond acceptors (Lipinski definition) is 2. The number of rotatable bonds is 4. The predicted molar refractivity (Wildman–Crippen MR) is 85.1 cm³/mol. The van der Waals surface area contributed by atoms with E-state index in [-0.39, 0.29) is 17.6 Å². The van der Waals surface area contributed by atoms with Crippen molar-refractivity contribution in [3.8, 4) is 0 Å². The van der Waals surface area contributed by atoms with Crippen LogP contribution in [0.15, 0.2) is 30.3 Å². The molecule has 3 unspecified atom stereocenters. The van der Waals surface area contributed by atoms with Crippen molar-refractivity contribution in [3.63, 3.8) is 0 Å². The van der Waals surface area contributed by atoms with E-state index in [0.717, 1.165) is 12.0 Å². The first-order chi connectivity index (χ1) is 10.2. The lowest BCUT2D eigenvalue weighted by Gasteiger charge is -2.34. The minimum absolute atomic E-state index is 0.195. The normalized spacial score (nSPS) is 27.6. The Hall–Kier alpha value is -0.860. The Morgan fingerprint density at radius 1 is 1.14 bits per heavy atom. The fourth-order valence-corrected chi connectivity index (χ4v) is 4.15. The fourth-order valence-electron chi connectivity index (χ4n) is 4.15. The number of aliphatic hydroxyl groups excluding tert-OH is 1.